The summed E-state index contributed by atoms with van der Waals surface area (Å²) < 4.78 is 2.14. The second-order valence-corrected chi connectivity index (χ2v) is 5.69. The van der Waals surface area contributed by atoms with Crippen molar-refractivity contribution in [1.82, 2.24) is 19.8 Å². The third kappa shape index (κ3) is 4.62. The van der Waals surface area contributed by atoms with Crippen molar-refractivity contribution in [3.63, 3.8) is 0 Å². The molecule has 1 aliphatic rings. The molecule has 1 aliphatic heterocycles. The van der Waals surface area contributed by atoms with Crippen LogP contribution in [0.1, 0.15) is 33.1 Å². The molecule has 4 nitrogen and oxygen atoms in total. The van der Waals surface area contributed by atoms with E-state index in [0.717, 1.165) is 19.0 Å². The van der Waals surface area contributed by atoms with Crippen LogP contribution in [-0.2, 0) is 6.54 Å². The summed E-state index contributed by atoms with van der Waals surface area (Å²) in [7, 11) is 0. The minimum Gasteiger partial charge on any atom is -0.337 e. The molecular formula is C15H28N4. The molecule has 2 unspecified atom stereocenters. The standard InChI is InChI=1S/C15H28N4/c1-3-18-9-4-6-15(12-18)14(2)17-7-5-10-19-11-8-16-13-19/h8,11,13-15,17H,3-7,9-10,12H2,1-2H3. The average molecular weight is 264 g/mol. The highest BCUT2D eigenvalue weighted by atomic mass is 15.1. The van der Waals surface area contributed by atoms with E-state index in [1.54, 1.807) is 0 Å². The van der Waals surface area contributed by atoms with E-state index >= 15 is 0 Å². The molecule has 0 amide bonds. The molecular weight excluding hydrogens is 236 g/mol. The van der Waals surface area contributed by atoms with Gasteiger partial charge in [0.05, 0.1) is 6.33 Å². The normalized spacial score (nSPS) is 22.5. The van der Waals surface area contributed by atoms with Crippen LogP contribution in [-0.4, -0.2) is 46.7 Å². The highest BCUT2D eigenvalue weighted by Gasteiger charge is 2.23. The van der Waals surface area contributed by atoms with Crippen LogP contribution in [0.3, 0.4) is 0 Å². The van der Waals surface area contributed by atoms with Crippen molar-refractivity contribution in [3.8, 4) is 0 Å². The van der Waals surface area contributed by atoms with E-state index < -0.39 is 0 Å². The molecule has 1 aromatic rings. The number of hydrogen-bond donors (Lipinski definition) is 1. The van der Waals surface area contributed by atoms with E-state index in [1.165, 1.54) is 38.9 Å². The zero-order chi connectivity index (χ0) is 13.5. The van der Waals surface area contributed by atoms with E-state index in [4.69, 9.17) is 0 Å². The lowest BCUT2D eigenvalue weighted by Gasteiger charge is -2.35. The van der Waals surface area contributed by atoms with Gasteiger partial charge in [0.15, 0.2) is 0 Å². The number of hydrogen-bond acceptors (Lipinski definition) is 3. The molecule has 0 bridgehead atoms. The fraction of sp³-hybridized carbons (Fsp3) is 0.800. The zero-order valence-electron chi connectivity index (χ0n) is 12.4. The summed E-state index contributed by atoms with van der Waals surface area (Å²) in [6, 6.07) is 0.636. The fourth-order valence-corrected chi connectivity index (χ4v) is 2.96. The quantitative estimate of drug-likeness (QED) is 0.765. The van der Waals surface area contributed by atoms with Crippen LogP contribution in [0.5, 0.6) is 0 Å². The lowest BCUT2D eigenvalue weighted by molar-refractivity contribution is 0.157. The highest BCUT2D eigenvalue weighted by Crippen LogP contribution is 2.19. The Labute approximate surface area is 117 Å². The number of piperidine rings is 1. The van der Waals surface area contributed by atoms with E-state index in [-0.39, 0.29) is 0 Å². The van der Waals surface area contributed by atoms with Crippen LogP contribution in [0, 0.1) is 5.92 Å². The molecule has 2 heterocycles. The maximum Gasteiger partial charge on any atom is 0.0945 e. The van der Waals surface area contributed by atoms with Crippen LogP contribution in [0.15, 0.2) is 18.7 Å². The van der Waals surface area contributed by atoms with Gasteiger partial charge in [0.1, 0.15) is 0 Å². The number of likely N-dealkylation sites (tertiary alicyclic amines) is 1. The monoisotopic (exact) mass is 264 g/mol. The van der Waals surface area contributed by atoms with Crippen molar-refractivity contribution in [1.29, 1.82) is 0 Å². The Bertz CT molecular complexity index is 336. The topological polar surface area (TPSA) is 33.1 Å². The maximum atomic E-state index is 4.06. The van der Waals surface area contributed by atoms with E-state index in [2.05, 4.69) is 33.6 Å². The molecule has 108 valence electrons. The summed E-state index contributed by atoms with van der Waals surface area (Å²) in [5.41, 5.74) is 0. The van der Waals surface area contributed by atoms with Crippen LogP contribution in [0.4, 0.5) is 0 Å². The first-order valence-corrected chi connectivity index (χ1v) is 7.71. The van der Waals surface area contributed by atoms with Gasteiger partial charge < -0.3 is 14.8 Å². The summed E-state index contributed by atoms with van der Waals surface area (Å²) in [5.74, 6) is 0.821. The van der Waals surface area contributed by atoms with Crippen molar-refractivity contribution in [2.24, 2.45) is 5.92 Å². The molecule has 4 heteroatoms. The van der Waals surface area contributed by atoms with Gasteiger partial charge >= 0.3 is 0 Å². The summed E-state index contributed by atoms with van der Waals surface area (Å²) >= 11 is 0. The second-order valence-electron chi connectivity index (χ2n) is 5.69. The van der Waals surface area contributed by atoms with Gasteiger partial charge in [-0.05, 0) is 51.7 Å². The number of nitrogens with zero attached hydrogens (tertiary/aromatic N) is 3. The number of rotatable bonds is 7. The van der Waals surface area contributed by atoms with Gasteiger partial charge in [0.25, 0.3) is 0 Å². The first-order valence-electron chi connectivity index (χ1n) is 7.71. The van der Waals surface area contributed by atoms with E-state index in [9.17, 15) is 0 Å². The molecule has 2 rings (SSSR count). The number of nitrogens with one attached hydrogen (secondary N) is 1. The van der Waals surface area contributed by atoms with Crippen molar-refractivity contribution < 1.29 is 0 Å². The van der Waals surface area contributed by atoms with Crippen LogP contribution in [0.25, 0.3) is 0 Å². The second kappa shape index (κ2) is 7.65. The summed E-state index contributed by atoms with van der Waals surface area (Å²) in [6.07, 6.45) is 9.68. The Kier molecular flexibility index (Phi) is 5.86. The molecule has 0 radical (unpaired) electrons. The molecule has 0 saturated carbocycles. The van der Waals surface area contributed by atoms with Gasteiger partial charge in [-0.15, -0.1) is 0 Å². The van der Waals surface area contributed by atoms with Crippen LogP contribution in [0.2, 0.25) is 0 Å². The molecule has 0 spiro atoms. The van der Waals surface area contributed by atoms with Crippen molar-refractivity contribution in [2.45, 2.75) is 45.7 Å². The number of aromatic nitrogens is 2. The maximum absolute atomic E-state index is 4.06. The SMILES string of the molecule is CCN1CCCC(C(C)NCCCn2ccnc2)C1. The zero-order valence-corrected chi connectivity index (χ0v) is 12.4. The molecule has 19 heavy (non-hydrogen) atoms. The van der Waals surface area contributed by atoms with Crippen LogP contribution < -0.4 is 5.32 Å². The minimum atomic E-state index is 0.636. The van der Waals surface area contributed by atoms with Crippen molar-refractivity contribution in [3.05, 3.63) is 18.7 Å². The lowest BCUT2D eigenvalue weighted by Crippen LogP contribution is -2.44. The minimum absolute atomic E-state index is 0.636. The molecule has 0 aromatic carbocycles. The molecule has 1 fully saturated rings. The van der Waals surface area contributed by atoms with E-state index in [0.29, 0.717) is 6.04 Å². The molecule has 0 aliphatic carbocycles. The van der Waals surface area contributed by atoms with Gasteiger partial charge in [-0.2, -0.15) is 0 Å². The third-order valence-electron chi connectivity index (χ3n) is 4.31. The molecule has 2 atom stereocenters. The summed E-state index contributed by atoms with van der Waals surface area (Å²) in [5, 5.41) is 3.70. The Morgan fingerprint density at radius 1 is 1.47 bits per heavy atom. The van der Waals surface area contributed by atoms with E-state index in [1.807, 2.05) is 18.7 Å². The van der Waals surface area contributed by atoms with Crippen molar-refractivity contribution >= 4 is 0 Å². The Morgan fingerprint density at radius 3 is 3.11 bits per heavy atom. The summed E-state index contributed by atoms with van der Waals surface area (Å²) in [4.78, 5) is 6.65. The first-order chi connectivity index (χ1) is 9.29. The largest absolute Gasteiger partial charge is 0.337 e. The Morgan fingerprint density at radius 2 is 2.37 bits per heavy atom. The smallest absolute Gasteiger partial charge is 0.0945 e. The Balaban J connectivity index is 1.62. The van der Waals surface area contributed by atoms with Gasteiger partial charge in [0, 0.05) is 31.5 Å². The van der Waals surface area contributed by atoms with Gasteiger partial charge in [-0.3, -0.25) is 0 Å². The fourth-order valence-electron chi connectivity index (χ4n) is 2.96. The number of imidazole rings is 1. The average Bonchev–Trinajstić information content (AvgIpc) is 2.96. The van der Waals surface area contributed by atoms with Gasteiger partial charge in [-0.1, -0.05) is 6.92 Å². The van der Waals surface area contributed by atoms with Crippen molar-refractivity contribution in [2.75, 3.05) is 26.2 Å². The van der Waals surface area contributed by atoms with Gasteiger partial charge in [0.2, 0.25) is 0 Å². The van der Waals surface area contributed by atoms with Gasteiger partial charge in [-0.25, -0.2) is 4.98 Å². The molecule has 1 saturated heterocycles. The predicted molar refractivity (Wildman–Crippen MR) is 79.1 cm³/mol. The number of aryl methyl sites for hydroxylation is 1. The third-order valence-corrected chi connectivity index (χ3v) is 4.31. The predicted octanol–water partition coefficient (Wildman–Crippen LogP) is 1.98. The highest BCUT2D eigenvalue weighted by molar-refractivity contribution is 4.80. The van der Waals surface area contributed by atoms with Crippen LogP contribution >= 0.6 is 0 Å². The molecule has 1 aromatic heterocycles. The first kappa shape index (κ1) is 14.5. The lowest BCUT2D eigenvalue weighted by atomic mass is 9.91. The Hall–Kier alpha value is -0.870. The molecule has 1 N–H and O–H groups in total. The summed E-state index contributed by atoms with van der Waals surface area (Å²) in [6.45, 7) is 10.5.